The second-order valence-corrected chi connectivity index (χ2v) is 5.02. The highest BCUT2D eigenvalue weighted by Gasteiger charge is 2.13. The monoisotopic (exact) mass is 286 g/mol. The van der Waals surface area contributed by atoms with Gasteiger partial charge in [-0.2, -0.15) is 0 Å². The molecule has 1 rings (SSSR count). The fourth-order valence-electron chi connectivity index (χ4n) is 1.80. The Morgan fingerprint density at radius 1 is 1.47 bits per heavy atom. The Labute approximate surface area is 120 Å². The van der Waals surface area contributed by atoms with Crippen LogP contribution in [0, 0.1) is 0 Å². The van der Waals surface area contributed by atoms with Gasteiger partial charge in [0, 0.05) is 44.0 Å². The third-order valence-corrected chi connectivity index (χ3v) is 3.38. The van der Waals surface area contributed by atoms with E-state index < -0.39 is 0 Å². The number of anilines is 1. The first-order chi connectivity index (χ1) is 9.10. The van der Waals surface area contributed by atoms with Crippen LogP contribution in [0.25, 0.3) is 0 Å². The first kappa shape index (κ1) is 16.2. The molecule has 5 heteroatoms. The smallest absolute Gasteiger partial charge is 0.0632 e. The van der Waals surface area contributed by atoms with Gasteiger partial charge >= 0.3 is 0 Å². The molecule has 0 aliphatic carbocycles. The van der Waals surface area contributed by atoms with E-state index in [2.05, 4.69) is 10.2 Å². The van der Waals surface area contributed by atoms with Crippen molar-refractivity contribution in [2.45, 2.75) is 19.5 Å². The number of halogens is 1. The predicted octanol–water partition coefficient (Wildman–Crippen LogP) is 1.89. The van der Waals surface area contributed by atoms with Crippen molar-refractivity contribution in [2.75, 3.05) is 38.8 Å². The molecule has 0 spiro atoms. The number of nitrogens with zero attached hydrogens (tertiary/aromatic N) is 1. The zero-order valence-corrected chi connectivity index (χ0v) is 12.6. The molecule has 1 aromatic carbocycles. The standard InChI is InChI=1S/C14H23ClN2O2/c1-11(10-18)17(2)14-5-4-13(15)8-12(14)9-16-6-7-19-3/h4-5,8,11,16,18H,6-7,9-10H2,1-3H3. The Kier molecular flexibility index (Phi) is 7.16. The highest BCUT2D eigenvalue weighted by Crippen LogP contribution is 2.24. The Morgan fingerprint density at radius 3 is 2.84 bits per heavy atom. The van der Waals surface area contributed by atoms with Gasteiger partial charge in [-0.1, -0.05) is 11.6 Å². The number of likely N-dealkylation sites (N-methyl/N-ethyl adjacent to an activating group) is 1. The minimum Gasteiger partial charge on any atom is -0.394 e. The lowest BCUT2D eigenvalue weighted by atomic mass is 10.1. The number of benzene rings is 1. The minimum atomic E-state index is 0.0684. The Morgan fingerprint density at radius 2 is 2.21 bits per heavy atom. The second kappa shape index (κ2) is 8.38. The summed E-state index contributed by atoms with van der Waals surface area (Å²) in [6.45, 7) is 4.30. The van der Waals surface area contributed by atoms with E-state index in [0.717, 1.165) is 29.4 Å². The summed E-state index contributed by atoms with van der Waals surface area (Å²) in [6.07, 6.45) is 0. The molecule has 0 aromatic heterocycles. The maximum atomic E-state index is 9.26. The topological polar surface area (TPSA) is 44.7 Å². The Hall–Kier alpha value is -0.810. The van der Waals surface area contributed by atoms with E-state index in [1.165, 1.54) is 0 Å². The summed E-state index contributed by atoms with van der Waals surface area (Å²) in [4.78, 5) is 2.06. The molecule has 0 aliphatic rings. The molecule has 0 saturated carbocycles. The van der Waals surface area contributed by atoms with Crippen LogP contribution in [-0.2, 0) is 11.3 Å². The minimum absolute atomic E-state index is 0.0684. The molecule has 1 aromatic rings. The third-order valence-electron chi connectivity index (χ3n) is 3.15. The molecule has 2 N–H and O–H groups in total. The van der Waals surface area contributed by atoms with Crippen molar-refractivity contribution < 1.29 is 9.84 Å². The van der Waals surface area contributed by atoms with Crippen LogP contribution in [0.15, 0.2) is 18.2 Å². The van der Waals surface area contributed by atoms with Crippen LogP contribution in [0.3, 0.4) is 0 Å². The number of rotatable bonds is 8. The molecule has 0 fully saturated rings. The van der Waals surface area contributed by atoms with Crippen LogP contribution in [0.1, 0.15) is 12.5 Å². The summed E-state index contributed by atoms with van der Waals surface area (Å²) in [6, 6.07) is 5.88. The molecule has 1 atom stereocenters. The molecular formula is C14H23ClN2O2. The van der Waals surface area contributed by atoms with Crippen LogP contribution < -0.4 is 10.2 Å². The van der Waals surface area contributed by atoms with Gasteiger partial charge in [0.2, 0.25) is 0 Å². The zero-order valence-electron chi connectivity index (χ0n) is 11.8. The Bertz CT molecular complexity index is 388. The summed E-state index contributed by atoms with van der Waals surface area (Å²) in [5, 5.41) is 13.3. The van der Waals surface area contributed by atoms with E-state index in [0.29, 0.717) is 6.61 Å². The maximum Gasteiger partial charge on any atom is 0.0632 e. The number of aliphatic hydroxyl groups excluding tert-OH is 1. The Balaban J connectivity index is 2.79. The first-order valence-corrected chi connectivity index (χ1v) is 6.79. The van der Waals surface area contributed by atoms with Crippen LogP contribution in [-0.4, -0.2) is 45.1 Å². The van der Waals surface area contributed by atoms with Crippen LogP contribution >= 0.6 is 11.6 Å². The lowest BCUT2D eigenvalue weighted by molar-refractivity contribution is 0.199. The van der Waals surface area contributed by atoms with E-state index in [1.807, 2.05) is 32.2 Å². The molecule has 0 amide bonds. The average molecular weight is 287 g/mol. The number of hydrogen-bond donors (Lipinski definition) is 2. The van der Waals surface area contributed by atoms with Gasteiger partial charge in [0.1, 0.15) is 0 Å². The lowest BCUT2D eigenvalue weighted by Crippen LogP contribution is -2.33. The molecule has 0 saturated heterocycles. The van der Waals surface area contributed by atoms with Gasteiger partial charge < -0.3 is 20.1 Å². The second-order valence-electron chi connectivity index (χ2n) is 4.59. The fourth-order valence-corrected chi connectivity index (χ4v) is 1.99. The van der Waals surface area contributed by atoms with Crippen LogP contribution in [0.2, 0.25) is 5.02 Å². The summed E-state index contributed by atoms with van der Waals surface area (Å²) in [5.74, 6) is 0. The molecule has 0 radical (unpaired) electrons. The molecule has 0 heterocycles. The molecule has 108 valence electrons. The summed E-state index contributed by atoms with van der Waals surface area (Å²) in [7, 11) is 3.66. The van der Waals surface area contributed by atoms with Gasteiger partial charge in [-0.25, -0.2) is 0 Å². The average Bonchev–Trinajstić information content (AvgIpc) is 2.42. The van der Waals surface area contributed by atoms with Crippen molar-refractivity contribution >= 4 is 17.3 Å². The highest BCUT2D eigenvalue weighted by molar-refractivity contribution is 6.30. The van der Waals surface area contributed by atoms with Crippen molar-refractivity contribution in [2.24, 2.45) is 0 Å². The zero-order chi connectivity index (χ0) is 14.3. The third kappa shape index (κ3) is 4.99. The van der Waals surface area contributed by atoms with Crippen LogP contribution in [0.4, 0.5) is 5.69 Å². The number of methoxy groups -OCH3 is 1. The van der Waals surface area contributed by atoms with Gasteiger partial charge in [0.05, 0.1) is 13.2 Å². The van der Waals surface area contributed by atoms with Crippen molar-refractivity contribution in [1.29, 1.82) is 0 Å². The molecule has 1 unspecified atom stereocenters. The van der Waals surface area contributed by atoms with Crippen LogP contribution in [0.5, 0.6) is 0 Å². The summed E-state index contributed by atoms with van der Waals surface area (Å²) >= 11 is 6.05. The first-order valence-electron chi connectivity index (χ1n) is 6.42. The maximum absolute atomic E-state index is 9.26. The number of ether oxygens (including phenoxy) is 1. The predicted molar refractivity (Wildman–Crippen MR) is 80.0 cm³/mol. The summed E-state index contributed by atoms with van der Waals surface area (Å²) < 4.78 is 5.00. The quantitative estimate of drug-likeness (QED) is 0.717. The lowest BCUT2D eigenvalue weighted by Gasteiger charge is -2.28. The van der Waals surface area contributed by atoms with Gasteiger partial charge in [-0.3, -0.25) is 0 Å². The molecule has 19 heavy (non-hydrogen) atoms. The van der Waals surface area contributed by atoms with E-state index in [-0.39, 0.29) is 12.6 Å². The largest absolute Gasteiger partial charge is 0.394 e. The number of nitrogens with one attached hydrogen (secondary N) is 1. The van der Waals surface area contributed by atoms with Crippen molar-refractivity contribution in [3.05, 3.63) is 28.8 Å². The van der Waals surface area contributed by atoms with Crippen molar-refractivity contribution in [1.82, 2.24) is 5.32 Å². The van der Waals surface area contributed by atoms with Gasteiger partial charge in [-0.05, 0) is 30.7 Å². The van der Waals surface area contributed by atoms with Gasteiger partial charge in [-0.15, -0.1) is 0 Å². The number of aliphatic hydroxyl groups is 1. The number of hydrogen-bond acceptors (Lipinski definition) is 4. The van der Waals surface area contributed by atoms with Gasteiger partial charge in [0.25, 0.3) is 0 Å². The summed E-state index contributed by atoms with van der Waals surface area (Å²) in [5.41, 5.74) is 2.20. The van der Waals surface area contributed by atoms with Gasteiger partial charge in [0.15, 0.2) is 0 Å². The fraction of sp³-hybridized carbons (Fsp3) is 0.571. The van der Waals surface area contributed by atoms with E-state index in [9.17, 15) is 5.11 Å². The normalized spacial score (nSPS) is 12.5. The SMILES string of the molecule is COCCNCc1cc(Cl)ccc1N(C)C(C)CO. The molecule has 4 nitrogen and oxygen atoms in total. The van der Waals surface area contributed by atoms with E-state index >= 15 is 0 Å². The molecule has 0 bridgehead atoms. The van der Waals surface area contributed by atoms with E-state index in [4.69, 9.17) is 16.3 Å². The molecular weight excluding hydrogens is 264 g/mol. The highest BCUT2D eigenvalue weighted by atomic mass is 35.5. The van der Waals surface area contributed by atoms with Crippen molar-refractivity contribution in [3.63, 3.8) is 0 Å². The van der Waals surface area contributed by atoms with Crippen molar-refractivity contribution in [3.8, 4) is 0 Å². The molecule has 0 aliphatic heterocycles. The van der Waals surface area contributed by atoms with E-state index in [1.54, 1.807) is 7.11 Å².